The fourth-order valence-electron chi connectivity index (χ4n) is 10.2. The number of nitrogens with one attached hydrogen (secondary N) is 4. The SMILES string of the molecule is COCC[C@H](NC(=O)OC)C(=O)N1[C@@H]2CC[C@@H](C2)[C@H]1c1ncc(-c2ccc(-c3ccc4cc(-c5cnc([C@@H]6CC7(CC7)CN6C(=O)[C@@H](NC(=O)OC)C(C)C)[nH]5)ccc4c3)cc2)[nH]1. The maximum atomic E-state index is 14.0. The number of alkyl carbamates (subject to hydrolysis) is 2. The van der Waals surface area contributed by atoms with Gasteiger partial charge in [0, 0.05) is 38.3 Å². The Morgan fingerprint density at radius 3 is 2.08 bits per heavy atom. The standard InChI is InChI=1S/C48H56N8O7/c1-27(2)40(54-47(60)63-5)45(58)55-26-48(17-18-48)23-39(55)42-49-25-38(51-42)33-13-12-31-20-30(10-11-32(31)21-33)28-6-8-29(9-7-28)37-24-50-43(52-37)41-34-14-15-35(22-34)56(41)44(57)36(16-19-61-3)53-46(59)62-4/h6-13,20-21,24-25,27,34-36,39-41H,14-19,22-23,26H2,1-5H3,(H,49,51)(H,50,52)(H,53,59)(H,54,60)/t34-,35+,36-,39-,40-,41-/m0/s1. The molecule has 4 N–H and O–H groups in total. The molecule has 6 atom stereocenters. The molecule has 4 aliphatic rings. The Kier molecular flexibility index (Phi) is 11.5. The molecule has 0 radical (unpaired) electrons. The number of benzene rings is 3. The number of carbonyl (C=O) groups is 4. The van der Waals surface area contributed by atoms with Gasteiger partial charge in [0.05, 0.1) is 50.1 Å². The zero-order chi connectivity index (χ0) is 44.0. The second-order valence-electron chi connectivity index (χ2n) is 18.1. The van der Waals surface area contributed by atoms with Gasteiger partial charge in [0.2, 0.25) is 11.8 Å². The highest BCUT2D eigenvalue weighted by atomic mass is 16.5. The van der Waals surface area contributed by atoms with E-state index in [9.17, 15) is 19.2 Å². The molecule has 2 saturated heterocycles. The molecule has 2 aliphatic carbocycles. The second-order valence-corrected chi connectivity index (χ2v) is 18.1. The van der Waals surface area contributed by atoms with Crippen molar-refractivity contribution in [3.05, 3.63) is 84.7 Å². The highest BCUT2D eigenvalue weighted by Crippen LogP contribution is 2.58. The predicted octanol–water partition coefficient (Wildman–Crippen LogP) is 7.53. The van der Waals surface area contributed by atoms with Crippen LogP contribution in [0.3, 0.4) is 0 Å². The number of H-pyrrole nitrogens is 2. The molecule has 2 aromatic heterocycles. The van der Waals surface area contributed by atoms with Crippen LogP contribution >= 0.6 is 0 Å². The van der Waals surface area contributed by atoms with Crippen molar-refractivity contribution in [3.8, 4) is 33.6 Å². The second kappa shape index (κ2) is 17.2. The lowest BCUT2D eigenvalue weighted by molar-refractivity contribution is -0.138. The van der Waals surface area contributed by atoms with E-state index < -0.39 is 24.3 Å². The van der Waals surface area contributed by atoms with E-state index in [0.29, 0.717) is 25.5 Å². The van der Waals surface area contributed by atoms with Crippen molar-refractivity contribution in [1.29, 1.82) is 0 Å². The average molecular weight is 857 g/mol. The lowest BCUT2D eigenvalue weighted by Gasteiger charge is -2.36. The molecule has 2 aliphatic heterocycles. The van der Waals surface area contributed by atoms with Crippen LogP contribution in [0.5, 0.6) is 0 Å². The maximum absolute atomic E-state index is 14.0. The molecule has 0 unspecified atom stereocenters. The van der Waals surface area contributed by atoms with Crippen LogP contribution in [-0.4, -0.2) is 106 Å². The Bertz CT molecular complexity index is 2510. The highest BCUT2D eigenvalue weighted by Gasteiger charge is 2.55. The molecule has 2 saturated carbocycles. The fourth-order valence-corrected chi connectivity index (χ4v) is 10.2. The third-order valence-corrected chi connectivity index (χ3v) is 13.8. The van der Waals surface area contributed by atoms with Gasteiger partial charge in [-0.1, -0.05) is 62.4 Å². The summed E-state index contributed by atoms with van der Waals surface area (Å²) in [6.45, 7) is 4.83. The van der Waals surface area contributed by atoms with E-state index >= 15 is 0 Å². The Labute approximate surface area is 366 Å². The van der Waals surface area contributed by atoms with Gasteiger partial charge in [-0.3, -0.25) is 9.59 Å². The number of hydrogen-bond acceptors (Lipinski definition) is 9. The number of fused-ring (bicyclic) bond motifs is 3. The van der Waals surface area contributed by atoms with Crippen LogP contribution < -0.4 is 10.6 Å². The summed E-state index contributed by atoms with van der Waals surface area (Å²) in [6, 6.07) is 19.5. The molecule has 3 aromatic carbocycles. The van der Waals surface area contributed by atoms with Crippen LogP contribution in [0.2, 0.25) is 0 Å². The van der Waals surface area contributed by atoms with Gasteiger partial charge in [-0.15, -0.1) is 0 Å². The number of rotatable bonds is 13. The predicted molar refractivity (Wildman–Crippen MR) is 236 cm³/mol. The van der Waals surface area contributed by atoms with E-state index in [0.717, 1.165) is 94.6 Å². The summed E-state index contributed by atoms with van der Waals surface area (Å²) in [7, 11) is 4.17. The Balaban J connectivity index is 0.889. The fraction of sp³-hybridized carbons (Fsp3) is 0.458. The Morgan fingerprint density at radius 2 is 1.40 bits per heavy atom. The Morgan fingerprint density at radius 1 is 0.778 bits per heavy atom. The van der Waals surface area contributed by atoms with Gasteiger partial charge in [-0.2, -0.15) is 0 Å². The summed E-state index contributed by atoms with van der Waals surface area (Å²) in [5.41, 5.74) is 6.04. The first-order chi connectivity index (χ1) is 30.5. The normalized spacial score (nSPS) is 21.8. The zero-order valence-electron chi connectivity index (χ0n) is 36.5. The third kappa shape index (κ3) is 8.26. The first kappa shape index (κ1) is 42.1. The van der Waals surface area contributed by atoms with Gasteiger partial charge in [-0.25, -0.2) is 19.6 Å². The van der Waals surface area contributed by atoms with Crippen molar-refractivity contribution in [2.75, 3.05) is 34.5 Å². The summed E-state index contributed by atoms with van der Waals surface area (Å²) in [5.74, 6) is 1.45. The van der Waals surface area contributed by atoms with Crippen LogP contribution in [0.1, 0.15) is 82.5 Å². The lowest BCUT2D eigenvalue weighted by atomic mass is 9.97. The van der Waals surface area contributed by atoms with Crippen molar-refractivity contribution in [1.82, 2.24) is 40.4 Å². The molecule has 15 heteroatoms. The van der Waals surface area contributed by atoms with Gasteiger partial charge < -0.3 is 44.6 Å². The molecule has 4 heterocycles. The van der Waals surface area contributed by atoms with Gasteiger partial charge in [-0.05, 0) is 95.4 Å². The maximum Gasteiger partial charge on any atom is 0.407 e. The van der Waals surface area contributed by atoms with E-state index in [2.05, 4.69) is 81.3 Å². The number of piperidine rings is 1. The monoisotopic (exact) mass is 856 g/mol. The van der Waals surface area contributed by atoms with Gasteiger partial charge in [0.1, 0.15) is 23.7 Å². The lowest BCUT2D eigenvalue weighted by Crippen LogP contribution is -2.52. The number of imidazole rings is 2. The van der Waals surface area contributed by atoms with E-state index in [1.54, 1.807) is 7.11 Å². The van der Waals surface area contributed by atoms with Crippen molar-refractivity contribution in [2.24, 2.45) is 17.3 Å². The number of amides is 4. The van der Waals surface area contributed by atoms with E-state index in [1.807, 2.05) is 36.0 Å². The first-order valence-electron chi connectivity index (χ1n) is 22.0. The van der Waals surface area contributed by atoms with Crippen LogP contribution in [0.4, 0.5) is 9.59 Å². The first-order valence-corrected chi connectivity index (χ1v) is 22.0. The average Bonchev–Trinajstić information content (AvgIpc) is 3.94. The summed E-state index contributed by atoms with van der Waals surface area (Å²) in [6.07, 6.45) is 8.66. The van der Waals surface area contributed by atoms with Crippen LogP contribution in [0, 0.1) is 17.3 Å². The van der Waals surface area contributed by atoms with Crippen LogP contribution in [-0.2, 0) is 23.8 Å². The molecule has 15 nitrogen and oxygen atoms in total. The van der Waals surface area contributed by atoms with Gasteiger partial charge in [0.25, 0.3) is 0 Å². The number of likely N-dealkylation sites (tertiary alicyclic amines) is 2. The molecular formula is C48H56N8O7. The van der Waals surface area contributed by atoms with Crippen LogP contribution in [0.15, 0.2) is 73.1 Å². The molecule has 4 fully saturated rings. The molecule has 2 bridgehead atoms. The van der Waals surface area contributed by atoms with Crippen molar-refractivity contribution in [2.45, 2.75) is 89.0 Å². The molecule has 9 rings (SSSR count). The summed E-state index contributed by atoms with van der Waals surface area (Å²) >= 11 is 0. The number of aromatic amines is 2. The van der Waals surface area contributed by atoms with Crippen molar-refractivity contribution in [3.63, 3.8) is 0 Å². The minimum Gasteiger partial charge on any atom is -0.453 e. The molecule has 1 spiro atoms. The molecule has 330 valence electrons. The quantitative estimate of drug-likeness (QED) is 0.0930. The van der Waals surface area contributed by atoms with Gasteiger partial charge in [0.15, 0.2) is 0 Å². The van der Waals surface area contributed by atoms with Crippen molar-refractivity contribution < 1.29 is 33.4 Å². The summed E-state index contributed by atoms with van der Waals surface area (Å²) in [4.78, 5) is 72.7. The molecular weight excluding hydrogens is 801 g/mol. The van der Waals surface area contributed by atoms with E-state index in [-0.39, 0.29) is 41.3 Å². The number of methoxy groups -OCH3 is 3. The number of hydrogen-bond donors (Lipinski definition) is 4. The molecule has 4 amide bonds. The minimum absolute atomic E-state index is 0.0982. The minimum atomic E-state index is -0.755. The molecule has 5 aromatic rings. The molecule has 63 heavy (non-hydrogen) atoms. The Hall–Kier alpha value is -6.22. The summed E-state index contributed by atoms with van der Waals surface area (Å²) in [5, 5.41) is 7.67. The zero-order valence-corrected chi connectivity index (χ0v) is 36.5. The number of nitrogens with zero attached hydrogens (tertiary/aromatic N) is 4. The van der Waals surface area contributed by atoms with E-state index in [1.165, 1.54) is 14.2 Å². The topological polar surface area (TPSA) is 184 Å². The van der Waals surface area contributed by atoms with E-state index in [4.69, 9.17) is 24.2 Å². The third-order valence-electron chi connectivity index (χ3n) is 13.8. The number of aromatic nitrogens is 4. The smallest absolute Gasteiger partial charge is 0.407 e. The summed E-state index contributed by atoms with van der Waals surface area (Å²) < 4.78 is 14.9. The van der Waals surface area contributed by atoms with Gasteiger partial charge >= 0.3 is 12.2 Å². The largest absolute Gasteiger partial charge is 0.453 e. The van der Waals surface area contributed by atoms with Crippen LogP contribution in [0.25, 0.3) is 44.4 Å². The number of ether oxygens (including phenoxy) is 3. The highest BCUT2D eigenvalue weighted by molar-refractivity contribution is 5.91. The number of carbonyl (C=O) groups excluding carboxylic acids is 4. The van der Waals surface area contributed by atoms with Crippen molar-refractivity contribution >= 4 is 34.8 Å².